The molecule has 2 fully saturated rings. The predicted molar refractivity (Wildman–Crippen MR) is 117 cm³/mol. The molecule has 31 heavy (non-hydrogen) atoms. The van der Waals surface area contributed by atoms with Gasteiger partial charge in [-0.25, -0.2) is 9.78 Å². The van der Waals surface area contributed by atoms with Crippen LogP contribution < -0.4 is 15.1 Å². The summed E-state index contributed by atoms with van der Waals surface area (Å²) >= 11 is 0. The van der Waals surface area contributed by atoms with Crippen LogP contribution in [-0.2, 0) is 14.3 Å². The topological polar surface area (TPSA) is 91.8 Å². The molecule has 3 heterocycles. The number of hydrogen-bond donors (Lipinski definition) is 1. The van der Waals surface area contributed by atoms with Crippen molar-refractivity contribution in [3.63, 3.8) is 0 Å². The molecule has 4 rings (SSSR count). The van der Waals surface area contributed by atoms with Crippen molar-refractivity contribution in [1.82, 2.24) is 4.98 Å². The molecule has 8 nitrogen and oxygen atoms in total. The van der Waals surface area contributed by atoms with Crippen molar-refractivity contribution in [3.05, 3.63) is 48.2 Å². The van der Waals surface area contributed by atoms with Gasteiger partial charge in [-0.3, -0.25) is 9.59 Å². The average Bonchev–Trinajstić information content (AvgIpc) is 3.44. The van der Waals surface area contributed by atoms with E-state index < -0.39 is 11.9 Å². The summed E-state index contributed by atoms with van der Waals surface area (Å²) in [4.78, 5) is 45.2. The molecular weight excluding hydrogens is 396 g/mol. The third kappa shape index (κ3) is 4.68. The fourth-order valence-electron chi connectivity index (χ4n) is 4.02. The average molecular weight is 422 g/mol. The molecule has 0 saturated carbocycles. The van der Waals surface area contributed by atoms with Crippen LogP contribution in [0.2, 0.25) is 0 Å². The SMILES string of the molecule is CCOC(=O)c1ccnc(NC(=O)C2CC(=O)N(c3ccc(N4CCCC4)cc3)C2)c1. The van der Waals surface area contributed by atoms with E-state index in [0.717, 1.165) is 24.5 Å². The fourth-order valence-corrected chi connectivity index (χ4v) is 4.02. The molecule has 2 saturated heterocycles. The maximum absolute atomic E-state index is 12.7. The van der Waals surface area contributed by atoms with Crippen molar-refractivity contribution in [2.75, 3.05) is 41.4 Å². The third-order valence-electron chi connectivity index (χ3n) is 5.65. The number of esters is 1. The second kappa shape index (κ2) is 9.16. The maximum atomic E-state index is 12.7. The Labute approximate surface area is 181 Å². The highest BCUT2D eigenvalue weighted by atomic mass is 16.5. The highest BCUT2D eigenvalue weighted by molar-refractivity contribution is 6.03. The molecular formula is C23H26N4O4. The van der Waals surface area contributed by atoms with Gasteiger partial charge in [0.25, 0.3) is 0 Å². The molecule has 1 atom stereocenters. The lowest BCUT2D eigenvalue weighted by Gasteiger charge is -2.20. The number of ether oxygens (including phenoxy) is 1. The molecule has 0 radical (unpaired) electrons. The Hall–Kier alpha value is -3.42. The van der Waals surface area contributed by atoms with E-state index in [-0.39, 0.29) is 30.7 Å². The Morgan fingerprint density at radius 3 is 2.55 bits per heavy atom. The number of nitrogens with one attached hydrogen (secondary N) is 1. The van der Waals surface area contributed by atoms with Crippen molar-refractivity contribution in [2.24, 2.45) is 5.92 Å². The minimum absolute atomic E-state index is 0.0812. The van der Waals surface area contributed by atoms with Gasteiger partial charge in [0.1, 0.15) is 5.82 Å². The van der Waals surface area contributed by atoms with Gasteiger partial charge in [-0.1, -0.05) is 0 Å². The number of pyridine rings is 1. The number of hydrogen-bond acceptors (Lipinski definition) is 6. The largest absolute Gasteiger partial charge is 0.462 e. The number of carbonyl (C=O) groups is 3. The molecule has 1 N–H and O–H groups in total. The van der Waals surface area contributed by atoms with Crippen molar-refractivity contribution in [2.45, 2.75) is 26.2 Å². The van der Waals surface area contributed by atoms with Crippen LogP contribution in [0.15, 0.2) is 42.6 Å². The zero-order valence-electron chi connectivity index (χ0n) is 17.5. The van der Waals surface area contributed by atoms with Gasteiger partial charge in [0.2, 0.25) is 11.8 Å². The zero-order valence-corrected chi connectivity index (χ0v) is 17.5. The number of nitrogens with zero attached hydrogens (tertiary/aromatic N) is 3. The van der Waals surface area contributed by atoms with Crippen molar-refractivity contribution in [3.8, 4) is 0 Å². The summed E-state index contributed by atoms with van der Waals surface area (Å²) in [7, 11) is 0. The molecule has 0 bridgehead atoms. The van der Waals surface area contributed by atoms with Crippen molar-refractivity contribution < 1.29 is 19.1 Å². The van der Waals surface area contributed by atoms with Crippen LogP contribution in [0.1, 0.15) is 36.5 Å². The number of carbonyl (C=O) groups excluding carboxylic acids is 3. The first-order valence-corrected chi connectivity index (χ1v) is 10.6. The van der Waals surface area contributed by atoms with E-state index in [0.29, 0.717) is 12.1 Å². The van der Waals surface area contributed by atoms with E-state index in [2.05, 4.69) is 15.2 Å². The molecule has 2 aromatic rings. The van der Waals surface area contributed by atoms with E-state index in [1.165, 1.54) is 31.2 Å². The molecule has 1 aromatic heterocycles. The summed E-state index contributed by atoms with van der Waals surface area (Å²) in [6, 6.07) is 11.0. The predicted octanol–water partition coefficient (Wildman–Crippen LogP) is 2.85. The highest BCUT2D eigenvalue weighted by Crippen LogP contribution is 2.29. The molecule has 2 aliphatic rings. The molecule has 8 heteroatoms. The molecule has 1 unspecified atom stereocenters. The van der Waals surface area contributed by atoms with Crippen LogP contribution in [0.25, 0.3) is 0 Å². The van der Waals surface area contributed by atoms with E-state index in [1.807, 2.05) is 24.3 Å². The van der Waals surface area contributed by atoms with Gasteiger partial charge in [0.15, 0.2) is 0 Å². The minimum atomic E-state index is -0.487. The van der Waals surface area contributed by atoms with E-state index in [1.54, 1.807) is 11.8 Å². The summed E-state index contributed by atoms with van der Waals surface area (Å²) in [5, 5.41) is 2.72. The molecule has 0 aliphatic carbocycles. The van der Waals surface area contributed by atoms with Gasteiger partial charge in [-0.15, -0.1) is 0 Å². The van der Waals surface area contributed by atoms with Gasteiger partial charge in [-0.05, 0) is 56.2 Å². The monoisotopic (exact) mass is 422 g/mol. The summed E-state index contributed by atoms with van der Waals surface area (Å²) in [5.41, 5.74) is 2.27. The minimum Gasteiger partial charge on any atom is -0.462 e. The second-order valence-corrected chi connectivity index (χ2v) is 7.76. The summed E-state index contributed by atoms with van der Waals surface area (Å²) in [5.74, 6) is -1.07. The zero-order chi connectivity index (χ0) is 21.8. The van der Waals surface area contributed by atoms with Crippen LogP contribution in [0.5, 0.6) is 0 Å². The number of amides is 2. The van der Waals surface area contributed by atoms with E-state index in [9.17, 15) is 14.4 Å². The Morgan fingerprint density at radius 1 is 1.13 bits per heavy atom. The molecule has 162 valence electrons. The van der Waals surface area contributed by atoms with Gasteiger partial charge in [0.05, 0.1) is 18.1 Å². The van der Waals surface area contributed by atoms with Crippen LogP contribution in [0.3, 0.4) is 0 Å². The Bertz CT molecular complexity index is 970. The fraction of sp³-hybridized carbons (Fsp3) is 0.391. The van der Waals surface area contributed by atoms with Crippen LogP contribution in [-0.4, -0.2) is 49.0 Å². The molecule has 0 spiro atoms. The molecule has 1 aromatic carbocycles. The smallest absolute Gasteiger partial charge is 0.338 e. The Kier molecular flexibility index (Phi) is 6.16. The standard InChI is InChI=1S/C23H26N4O4/c1-2-31-23(30)16-9-10-24-20(13-16)25-22(29)17-14-21(28)27(15-17)19-7-5-18(6-8-19)26-11-3-4-12-26/h5-10,13,17H,2-4,11-12,14-15H2,1H3,(H,24,25,29). The van der Waals surface area contributed by atoms with Crippen LogP contribution >= 0.6 is 0 Å². The van der Waals surface area contributed by atoms with Crippen molar-refractivity contribution >= 4 is 35.0 Å². The quantitative estimate of drug-likeness (QED) is 0.720. The number of rotatable bonds is 6. The lowest BCUT2D eigenvalue weighted by molar-refractivity contribution is -0.122. The van der Waals surface area contributed by atoms with Gasteiger partial charge in [0, 0.05) is 43.6 Å². The molecule has 2 amide bonds. The Morgan fingerprint density at radius 2 is 1.84 bits per heavy atom. The maximum Gasteiger partial charge on any atom is 0.338 e. The second-order valence-electron chi connectivity index (χ2n) is 7.76. The number of anilines is 3. The first-order valence-electron chi connectivity index (χ1n) is 10.6. The van der Waals surface area contributed by atoms with Gasteiger partial charge in [-0.2, -0.15) is 0 Å². The van der Waals surface area contributed by atoms with Gasteiger partial charge >= 0.3 is 5.97 Å². The van der Waals surface area contributed by atoms with Crippen LogP contribution in [0, 0.1) is 5.92 Å². The third-order valence-corrected chi connectivity index (χ3v) is 5.65. The van der Waals surface area contributed by atoms with Gasteiger partial charge < -0.3 is 19.9 Å². The van der Waals surface area contributed by atoms with E-state index >= 15 is 0 Å². The lowest BCUT2D eigenvalue weighted by Crippen LogP contribution is -2.28. The Balaban J connectivity index is 1.39. The summed E-state index contributed by atoms with van der Waals surface area (Å²) in [6.07, 6.45) is 3.99. The number of benzene rings is 1. The summed E-state index contributed by atoms with van der Waals surface area (Å²) < 4.78 is 4.97. The van der Waals surface area contributed by atoms with Crippen LogP contribution in [0.4, 0.5) is 17.2 Å². The first-order chi connectivity index (χ1) is 15.0. The first kappa shape index (κ1) is 20.8. The van der Waals surface area contributed by atoms with E-state index in [4.69, 9.17) is 4.74 Å². The van der Waals surface area contributed by atoms with Crippen molar-refractivity contribution in [1.29, 1.82) is 0 Å². The highest BCUT2D eigenvalue weighted by Gasteiger charge is 2.35. The summed E-state index contributed by atoms with van der Waals surface area (Å²) in [6.45, 7) is 4.43. The lowest BCUT2D eigenvalue weighted by atomic mass is 10.1. The molecule has 2 aliphatic heterocycles. The normalized spacial score (nSPS) is 18.4. The number of aromatic nitrogens is 1.